The molecule has 0 amide bonds. The molecule has 1 rings (SSSR count). The maximum absolute atomic E-state index is 9.49. The summed E-state index contributed by atoms with van der Waals surface area (Å²) in [6.45, 7) is 0. The summed E-state index contributed by atoms with van der Waals surface area (Å²) < 4.78 is 15.4. The Bertz CT molecular complexity index is 155. The SMILES string of the molecule is COC1CC(CCl)OC(O)C1OC. The first-order valence-electron chi connectivity index (χ1n) is 4.18. The van der Waals surface area contributed by atoms with Gasteiger partial charge in [-0.3, -0.25) is 0 Å². The standard InChI is InChI=1S/C8H15ClO4/c1-11-6-3-5(4-9)13-8(10)7(6)12-2/h5-8,10H,3-4H2,1-2H3. The third kappa shape index (κ3) is 2.54. The van der Waals surface area contributed by atoms with Crippen molar-refractivity contribution in [1.82, 2.24) is 0 Å². The Balaban J connectivity index is 2.57. The van der Waals surface area contributed by atoms with Gasteiger partial charge in [0.05, 0.1) is 12.2 Å². The molecule has 4 nitrogen and oxygen atoms in total. The molecule has 0 aromatic rings. The summed E-state index contributed by atoms with van der Waals surface area (Å²) in [6.07, 6.45) is -1.04. The monoisotopic (exact) mass is 210 g/mol. The Labute approximate surface area is 82.7 Å². The zero-order chi connectivity index (χ0) is 9.84. The van der Waals surface area contributed by atoms with Crippen LogP contribution in [0, 0.1) is 0 Å². The molecule has 1 heterocycles. The van der Waals surface area contributed by atoms with Gasteiger partial charge in [-0.15, -0.1) is 11.6 Å². The lowest BCUT2D eigenvalue weighted by molar-refractivity contribution is -0.253. The van der Waals surface area contributed by atoms with E-state index in [1.54, 1.807) is 7.11 Å². The largest absolute Gasteiger partial charge is 0.378 e. The van der Waals surface area contributed by atoms with E-state index in [0.29, 0.717) is 12.3 Å². The molecule has 1 aliphatic heterocycles. The average Bonchev–Trinajstić information content (AvgIpc) is 2.16. The Morgan fingerprint density at radius 3 is 2.62 bits per heavy atom. The van der Waals surface area contributed by atoms with Gasteiger partial charge in [0.2, 0.25) is 0 Å². The molecule has 1 N–H and O–H groups in total. The maximum Gasteiger partial charge on any atom is 0.184 e. The van der Waals surface area contributed by atoms with Crippen molar-refractivity contribution < 1.29 is 19.3 Å². The van der Waals surface area contributed by atoms with Gasteiger partial charge in [0.15, 0.2) is 6.29 Å². The second kappa shape index (κ2) is 5.12. The first kappa shape index (κ1) is 11.2. The molecule has 78 valence electrons. The number of methoxy groups -OCH3 is 2. The fourth-order valence-corrected chi connectivity index (χ4v) is 1.70. The van der Waals surface area contributed by atoms with Gasteiger partial charge in [-0.1, -0.05) is 0 Å². The van der Waals surface area contributed by atoms with E-state index in [0.717, 1.165) is 0 Å². The van der Waals surface area contributed by atoms with E-state index in [1.165, 1.54) is 7.11 Å². The van der Waals surface area contributed by atoms with Gasteiger partial charge in [-0.25, -0.2) is 0 Å². The molecule has 0 saturated carbocycles. The molecule has 0 aliphatic carbocycles. The summed E-state index contributed by atoms with van der Waals surface area (Å²) in [6, 6.07) is 0. The van der Waals surface area contributed by atoms with Crippen LogP contribution < -0.4 is 0 Å². The van der Waals surface area contributed by atoms with E-state index in [9.17, 15) is 5.11 Å². The number of rotatable bonds is 3. The Morgan fingerprint density at radius 1 is 1.46 bits per heavy atom. The van der Waals surface area contributed by atoms with Crippen molar-refractivity contribution in [2.75, 3.05) is 20.1 Å². The lowest BCUT2D eigenvalue weighted by atomic mass is 10.0. The summed E-state index contributed by atoms with van der Waals surface area (Å²) in [4.78, 5) is 0. The van der Waals surface area contributed by atoms with Gasteiger partial charge >= 0.3 is 0 Å². The number of alkyl halides is 1. The molecular weight excluding hydrogens is 196 g/mol. The highest BCUT2D eigenvalue weighted by atomic mass is 35.5. The minimum absolute atomic E-state index is 0.155. The van der Waals surface area contributed by atoms with Crippen LogP contribution in [0.4, 0.5) is 0 Å². The highest BCUT2D eigenvalue weighted by Crippen LogP contribution is 2.23. The van der Waals surface area contributed by atoms with Crippen LogP contribution in [-0.4, -0.2) is 49.8 Å². The van der Waals surface area contributed by atoms with Crippen molar-refractivity contribution in [3.63, 3.8) is 0 Å². The molecule has 4 atom stereocenters. The van der Waals surface area contributed by atoms with E-state index in [1.807, 2.05) is 0 Å². The number of hydrogen-bond acceptors (Lipinski definition) is 4. The maximum atomic E-state index is 9.49. The topological polar surface area (TPSA) is 47.9 Å². The van der Waals surface area contributed by atoms with Crippen LogP contribution in [0.2, 0.25) is 0 Å². The first-order valence-corrected chi connectivity index (χ1v) is 4.71. The molecule has 1 aliphatic rings. The lowest BCUT2D eigenvalue weighted by Gasteiger charge is -2.37. The minimum Gasteiger partial charge on any atom is -0.378 e. The van der Waals surface area contributed by atoms with Crippen molar-refractivity contribution >= 4 is 11.6 Å². The third-order valence-electron chi connectivity index (χ3n) is 2.22. The van der Waals surface area contributed by atoms with E-state index < -0.39 is 12.4 Å². The molecular formula is C8H15ClO4. The van der Waals surface area contributed by atoms with Crippen molar-refractivity contribution in [2.24, 2.45) is 0 Å². The number of aliphatic hydroxyl groups is 1. The van der Waals surface area contributed by atoms with Crippen LogP contribution >= 0.6 is 11.6 Å². The van der Waals surface area contributed by atoms with Crippen LogP contribution in [0.3, 0.4) is 0 Å². The van der Waals surface area contributed by atoms with E-state index >= 15 is 0 Å². The summed E-state index contributed by atoms with van der Waals surface area (Å²) in [5, 5.41) is 9.49. The predicted octanol–water partition coefficient (Wildman–Crippen LogP) is 0.362. The zero-order valence-electron chi connectivity index (χ0n) is 7.77. The number of ether oxygens (including phenoxy) is 3. The van der Waals surface area contributed by atoms with Crippen molar-refractivity contribution in [3.8, 4) is 0 Å². The average molecular weight is 211 g/mol. The van der Waals surface area contributed by atoms with Gasteiger partial charge < -0.3 is 19.3 Å². The molecule has 0 aromatic carbocycles. The fraction of sp³-hybridized carbons (Fsp3) is 1.00. The van der Waals surface area contributed by atoms with Gasteiger partial charge in [0.25, 0.3) is 0 Å². The van der Waals surface area contributed by atoms with Gasteiger partial charge in [0, 0.05) is 26.5 Å². The van der Waals surface area contributed by atoms with Crippen molar-refractivity contribution in [1.29, 1.82) is 0 Å². The molecule has 1 saturated heterocycles. The Kier molecular flexibility index (Phi) is 4.41. The molecule has 5 heteroatoms. The van der Waals surface area contributed by atoms with Crippen LogP contribution in [0.5, 0.6) is 0 Å². The van der Waals surface area contributed by atoms with E-state index in [2.05, 4.69) is 0 Å². The van der Waals surface area contributed by atoms with Gasteiger partial charge in [-0.2, -0.15) is 0 Å². The van der Waals surface area contributed by atoms with Crippen LogP contribution in [0.1, 0.15) is 6.42 Å². The smallest absolute Gasteiger partial charge is 0.184 e. The van der Waals surface area contributed by atoms with Gasteiger partial charge in [0.1, 0.15) is 6.10 Å². The Morgan fingerprint density at radius 2 is 2.15 bits per heavy atom. The normalized spacial score (nSPS) is 40.6. The first-order chi connectivity index (χ1) is 6.22. The molecule has 13 heavy (non-hydrogen) atoms. The highest BCUT2D eigenvalue weighted by molar-refractivity contribution is 6.18. The molecule has 0 aromatic heterocycles. The third-order valence-corrected chi connectivity index (χ3v) is 2.57. The van der Waals surface area contributed by atoms with Crippen molar-refractivity contribution in [3.05, 3.63) is 0 Å². The molecule has 0 spiro atoms. The highest BCUT2D eigenvalue weighted by Gasteiger charge is 2.37. The number of halogens is 1. The zero-order valence-corrected chi connectivity index (χ0v) is 8.53. The second-order valence-corrected chi connectivity index (χ2v) is 3.32. The summed E-state index contributed by atoms with van der Waals surface area (Å²) in [5.41, 5.74) is 0. The fourth-order valence-electron chi connectivity index (χ4n) is 1.50. The molecule has 0 bridgehead atoms. The van der Waals surface area contributed by atoms with Gasteiger partial charge in [-0.05, 0) is 0 Å². The summed E-state index contributed by atoms with van der Waals surface area (Å²) in [7, 11) is 3.10. The van der Waals surface area contributed by atoms with E-state index in [4.69, 9.17) is 25.8 Å². The molecule has 0 radical (unpaired) electrons. The minimum atomic E-state index is -0.951. The number of hydrogen-bond donors (Lipinski definition) is 1. The van der Waals surface area contributed by atoms with Crippen molar-refractivity contribution in [2.45, 2.75) is 31.0 Å². The predicted molar refractivity (Wildman–Crippen MR) is 47.8 cm³/mol. The summed E-state index contributed by atoms with van der Waals surface area (Å²) >= 11 is 5.63. The number of aliphatic hydroxyl groups excluding tert-OH is 1. The van der Waals surface area contributed by atoms with Crippen LogP contribution in [-0.2, 0) is 14.2 Å². The Hall–Kier alpha value is 0.130. The molecule has 1 fully saturated rings. The van der Waals surface area contributed by atoms with E-state index in [-0.39, 0.29) is 12.2 Å². The second-order valence-electron chi connectivity index (χ2n) is 3.01. The summed E-state index contributed by atoms with van der Waals surface area (Å²) in [5.74, 6) is 0.355. The quantitative estimate of drug-likeness (QED) is 0.684. The molecule has 4 unspecified atom stereocenters. The van der Waals surface area contributed by atoms with Crippen LogP contribution in [0.25, 0.3) is 0 Å². The lowest BCUT2D eigenvalue weighted by Crippen LogP contribution is -2.50. The van der Waals surface area contributed by atoms with Crippen LogP contribution in [0.15, 0.2) is 0 Å².